The highest BCUT2D eigenvalue weighted by Gasteiger charge is 2.56. The van der Waals surface area contributed by atoms with Gasteiger partial charge in [-0.3, -0.25) is 4.90 Å². The van der Waals surface area contributed by atoms with E-state index in [1.54, 1.807) is 0 Å². The highest BCUT2D eigenvalue weighted by molar-refractivity contribution is 5.07. The predicted molar refractivity (Wildman–Crippen MR) is 53.0 cm³/mol. The molecule has 3 heteroatoms. The molecule has 2 atom stereocenters. The molecule has 0 aromatic heterocycles. The fourth-order valence-corrected chi connectivity index (χ4v) is 3.18. The standard InChI is InChI=1S/C11H19NO2/c13-5-8-1-3-12(4-2-8)11-9-6-14-7-10(9)11/h8-11,13H,1-7H2. The van der Waals surface area contributed by atoms with Crippen LogP contribution in [0, 0.1) is 17.8 Å². The van der Waals surface area contributed by atoms with Crippen LogP contribution in [0.1, 0.15) is 12.8 Å². The molecule has 1 saturated carbocycles. The molecule has 3 nitrogen and oxygen atoms in total. The Hall–Kier alpha value is -0.120. The van der Waals surface area contributed by atoms with Crippen LogP contribution in [-0.4, -0.2) is 49.0 Å². The third-order valence-electron chi connectivity index (χ3n) is 4.24. The second kappa shape index (κ2) is 3.47. The first-order valence-corrected chi connectivity index (χ1v) is 5.83. The summed E-state index contributed by atoms with van der Waals surface area (Å²) in [6.07, 6.45) is 2.38. The molecule has 3 aliphatic rings. The number of hydrogen-bond donors (Lipinski definition) is 1. The molecule has 2 unspecified atom stereocenters. The van der Waals surface area contributed by atoms with Crippen molar-refractivity contribution in [2.24, 2.45) is 17.8 Å². The lowest BCUT2D eigenvalue weighted by molar-refractivity contribution is 0.0872. The van der Waals surface area contributed by atoms with Gasteiger partial charge < -0.3 is 9.84 Å². The van der Waals surface area contributed by atoms with E-state index in [2.05, 4.69) is 4.90 Å². The number of nitrogens with zero attached hydrogens (tertiary/aromatic N) is 1. The van der Waals surface area contributed by atoms with Crippen molar-refractivity contribution in [3.8, 4) is 0 Å². The maximum atomic E-state index is 9.05. The third-order valence-corrected chi connectivity index (χ3v) is 4.24. The summed E-state index contributed by atoms with van der Waals surface area (Å²) in [5.74, 6) is 2.27. The Morgan fingerprint density at radius 1 is 1.14 bits per heavy atom. The van der Waals surface area contributed by atoms with Crippen LogP contribution in [0.2, 0.25) is 0 Å². The quantitative estimate of drug-likeness (QED) is 0.692. The molecule has 2 heterocycles. The van der Waals surface area contributed by atoms with Crippen LogP contribution in [0.3, 0.4) is 0 Å². The van der Waals surface area contributed by atoms with Crippen molar-refractivity contribution in [1.29, 1.82) is 0 Å². The molecule has 1 N–H and O–H groups in total. The molecule has 1 aliphatic carbocycles. The van der Waals surface area contributed by atoms with Gasteiger partial charge in [-0.2, -0.15) is 0 Å². The highest BCUT2D eigenvalue weighted by atomic mass is 16.5. The Morgan fingerprint density at radius 2 is 1.79 bits per heavy atom. The third kappa shape index (κ3) is 1.38. The van der Waals surface area contributed by atoms with Gasteiger partial charge >= 0.3 is 0 Å². The van der Waals surface area contributed by atoms with E-state index in [4.69, 9.17) is 9.84 Å². The summed E-state index contributed by atoms with van der Waals surface area (Å²) in [6, 6.07) is 0.836. The molecule has 0 aromatic rings. The SMILES string of the molecule is OCC1CCN(C2C3COCC32)CC1. The molecule has 3 rings (SSSR count). The minimum atomic E-state index is 0.383. The summed E-state index contributed by atoms with van der Waals surface area (Å²) in [4.78, 5) is 2.63. The zero-order valence-corrected chi connectivity index (χ0v) is 8.56. The molecule has 2 aliphatic heterocycles. The summed E-state index contributed by atoms with van der Waals surface area (Å²) in [7, 11) is 0. The minimum absolute atomic E-state index is 0.383. The molecule has 3 fully saturated rings. The molecule has 0 aromatic carbocycles. The van der Waals surface area contributed by atoms with E-state index in [0.717, 1.165) is 31.1 Å². The van der Waals surface area contributed by atoms with Crippen LogP contribution in [0.5, 0.6) is 0 Å². The smallest absolute Gasteiger partial charge is 0.0513 e. The van der Waals surface area contributed by atoms with E-state index in [1.165, 1.54) is 25.9 Å². The van der Waals surface area contributed by atoms with Crippen LogP contribution in [0.4, 0.5) is 0 Å². The largest absolute Gasteiger partial charge is 0.396 e. The van der Waals surface area contributed by atoms with Crippen LogP contribution in [0.25, 0.3) is 0 Å². The summed E-state index contributed by atoms with van der Waals surface area (Å²) < 4.78 is 5.40. The van der Waals surface area contributed by atoms with Gasteiger partial charge in [0.15, 0.2) is 0 Å². The second-order valence-electron chi connectivity index (χ2n) is 5.02. The van der Waals surface area contributed by atoms with E-state index < -0.39 is 0 Å². The molecule has 0 radical (unpaired) electrons. The van der Waals surface area contributed by atoms with Gasteiger partial charge in [0.2, 0.25) is 0 Å². The maximum Gasteiger partial charge on any atom is 0.0513 e. The van der Waals surface area contributed by atoms with Gasteiger partial charge in [-0.1, -0.05) is 0 Å². The Morgan fingerprint density at radius 3 is 2.36 bits per heavy atom. The first kappa shape index (κ1) is 9.13. The second-order valence-corrected chi connectivity index (χ2v) is 5.02. The average molecular weight is 197 g/mol. The van der Waals surface area contributed by atoms with E-state index in [-0.39, 0.29) is 0 Å². The Labute approximate surface area is 85.0 Å². The minimum Gasteiger partial charge on any atom is -0.396 e. The van der Waals surface area contributed by atoms with Crippen molar-refractivity contribution < 1.29 is 9.84 Å². The van der Waals surface area contributed by atoms with Gasteiger partial charge in [0.1, 0.15) is 0 Å². The van der Waals surface area contributed by atoms with E-state index in [9.17, 15) is 0 Å². The van der Waals surface area contributed by atoms with Gasteiger partial charge in [0.25, 0.3) is 0 Å². The highest BCUT2D eigenvalue weighted by Crippen LogP contribution is 2.48. The zero-order chi connectivity index (χ0) is 9.54. The fourth-order valence-electron chi connectivity index (χ4n) is 3.18. The molecular formula is C11H19NO2. The first-order chi connectivity index (χ1) is 6.90. The number of aliphatic hydroxyl groups excluding tert-OH is 1. The Bertz CT molecular complexity index is 203. The number of fused-ring (bicyclic) bond motifs is 1. The number of rotatable bonds is 2. The lowest BCUT2D eigenvalue weighted by Gasteiger charge is -2.32. The van der Waals surface area contributed by atoms with Crippen molar-refractivity contribution >= 4 is 0 Å². The van der Waals surface area contributed by atoms with Gasteiger partial charge in [0.05, 0.1) is 13.2 Å². The molecule has 0 bridgehead atoms. The van der Waals surface area contributed by atoms with Crippen LogP contribution < -0.4 is 0 Å². The summed E-state index contributed by atoms with van der Waals surface area (Å²) in [5.41, 5.74) is 0. The predicted octanol–water partition coefficient (Wildman–Crippen LogP) is 0.335. The molecule has 0 spiro atoms. The van der Waals surface area contributed by atoms with Crippen molar-refractivity contribution in [3.05, 3.63) is 0 Å². The normalized spacial score (nSPS) is 43.9. The van der Waals surface area contributed by atoms with Crippen LogP contribution in [0.15, 0.2) is 0 Å². The molecule has 2 saturated heterocycles. The fraction of sp³-hybridized carbons (Fsp3) is 1.00. The van der Waals surface area contributed by atoms with E-state index in [1.807, 2.05) is 0 Å². The molecular weight excluding hydrogens is 178 g/mol. The van der Waals surface area contributed by atoms with Gasteiger partial charge in [-0.15, -0.1) is 0 Å². The molecule has 0 amide bonds. The van der Waals surface area contributed by atoms with Crippen molar-refractivity contribution in [2.45, 2.75) is 18.9 Å². The Kier molecular flexibility index (Phi) is 2.26. The number of piperidine rings is 1. The average Bonchev–Trinajstić information content (AvgIpc) is 2.72. The Balaban J connectivity index is 1.52. The van der Waals surface area contributed by atoms with E-state index in [0.29, 0.717) is 12.5 Å². The topological polar surface area (TPSA) is 32.7 Å². The summed E-state index contributed by atoms with van der Waals surface area (Å²) in [5, 5.41) is 9.05. The van der Waals surface area contributed by atoms with Crippen LogP contribution >= 0.6 is 0 Å². The van der Waals surface area contributed by atoms with Crippen molar-refractivity contribution in [3.63, 3.8) is 0 Å². The monoisotopic (exact) mass is 197 g/mol. The first-order valence-electron chi connectivity index (χ1n) is 5.83. The van der Waals surface area contributed by atoms with Gasteiger partial charge in [0, 0.05) is 24.5 Å². The lowest BCUT2D eigenvalue weighted by Crippen LogP contribution is -2.38. The molecule has 14 heavy (non-hydrogen) atoms. The van der Waals surface area contributed by atoms with Gasteiger partial charge in [-0.25, -0.2) is 0 Å². The number of hydrogen-bond acceptors (Lipinski definition) is 3. The number of ether oxygens (including phenoxy) is 1. The van der Waals surface area contributed by atoms with Gasteiger partial charge in [-0.05, 0) is 31.8 Å². The van der Waals surface area contributed by atoms with Crippen molar-refractivity contribution in [2.75, 3.05) is 32.9 Å². The summed E-state index contributed by atoms with van der Waals surface area (Å²) in [6.45, 7) is 4.77. The number of aliphatic hydroxyl groups is 1. The van der Waals surface area contributed by atoms with Crippen LogP contribution in [-0.2, 0) is 4.74 Å². The molecule has 80 valence electrons. The summed E-state index contributed by atoms with van der Waals surface area (Å²) >= 11 is 0. The van der Waals surface area contributed by atoms with E-state index >= 15 is 0 Å². The van der Waals surface area contributed by atoms with Crippen molar-refractivity contribution in [1.82, 2.24) is 4.90 Å². The lowest BCUT2D eigenvalue weighted by atomic mass is 9.97. The zero-order valence-electron chi connectivity index (χ0n) is 8.56. The maximum absolute atomic E-state index is 9.05. The number of likely N-dealkylation sites (tertiary alicyclic amines) is 1.